The van der Waals surface area contributed by atoms with Gasteiger partial charge in [-0.2, -0.15) is 0 Å². The molecule has 0 saturated carbocycles. The molecule has 10 heavy (non-hydrogen) atoms. The molecule has 0 aromatic rings. The SMILES string of the molecule is CC1OC2OC2OC1CO. The number of aliphatic hydroxyl groups is 1. The summed E-state index contributed by atoms with van der Waals surface area (Å²) in [6.07, 6.45) is -0.663. The van der Waals surface area contributed by atoms with Crippen molar-refractivity contribution >= 4 is 0 Å². The Morgan fingerprint density at radius 3 is 2.60 bits per heavy atom. The van der Waals surface area contributed by atoms with E-state index in [0.29, 0.717) is 0 Å². The molecule has 0 aromatic heterocycles. The molecule has 2 aliphatic rings. The molecule has 2 saturated heterocycles. The molecule has 0 aromatic carbocycles. The molecule has 0 spiro atoms. The summed E-state index contributed by atoms with van der Waals surface area (Å²) in [5, 5.41) is 8.74. The number of hydrogen-bond acceptors (Lipinski definition) is 4. The van der Waals surface area contributed by atoms with Crippen LogP contribution >= 0.6 is 0 Å². The Labute approximate surface area is 58.7 Å². The number of hydrogen-bond donors (Lipinski definition) is 1. The molecule has 58 valence electrons. The van der Waals surface area contributed by atoms with Gasteiger partial charge in [0.1, 0.15) is 6.10 Å². The highest BCUT2D eigenvalue weighted by Crippen LogP contribution is 2.33. The summed E-state index contributed by atoms with van der Waals surface area (Å²) in [5.74, 6) is 0. The first-order valence-electron chi connectivity index (χ1n) is 3.38. The summed E-state index contributed by atoms with van der Waals surface area (Å²) in [4.78, 5) is 0. The highest BCUT2D eigenvalue weighted by molar-refractivity contribution is 4.80. The summed E-state index contributed by atoms with van der Waals surface area (Å²) in [5.41, 5.74) is 0. The second-order valence-corrected chi connectivity index (χ2v) is 2.57. The first-order chi connectivity index (χ1) is 4.81. The van der Waals surface area contributed by atoms with Gasteiger partial charge in [-0.05, 0) is 6.92 Å². The number of aliphatic hydroxyl groups excluding tert-OH is 1. The van der Waals surface area contributed by atoms with Crippen LogP contribution in [0.15, 0.2) is 0 Å². The van der Waals surface area contributed by atoms with Crippen LogP contribution in [0.4, 0.5) is 0 Å². The zero-order chi connectivity index (χ0) is 7.14. The number of fused-ring (bicyclic) bond motifs is 1. The molecule has 0 radical (unpaired) electrons. The zero-order valence-electron chi connectivity index (χ0n) is 5.69. The lowest BCUT2D eigenvalue weighted by Gasteiger charge is -2.24. The van der Waals surface area contributed by atoms with Crippen LogP contribution in [0.25, 0.3) is 0 Å². The zero-order valence-corrected chi connectivity index (χ0v) is 5.69. The molecule has 2 heterocycles. The number of rotatable bonds is 1. The molecule has 4 unspecified atom stereocenters. The van der Waals surface area contributed by atoms with Gasteiger partial charge in [0.05, 0.1) is 12.7 Å². The van der Waals surface area contributed by atoms with Gasteiger partial charge in [-0.1, -0.05) is 0 Å². The molecule has 4 atom stereocenters. The van der Waals surface area contributed by atoms with Crippen LogP contribution in [0.5, 0.6) is 0 Å². The second kappa shape index (κ2) is 2.17. The minimum atomic E-state index is -0.219. The van der Waals surface area contributed by atoms with Crippen molar-refractivity contribution in [2.45, 2.75) is 31.7 Å². The summed E-state index contributed by atoms with van der Waals surface area (Å²) in [6, 6.07) is 0. The number of ether oxygens (including phenoxy) is 3. The minimum absolute atomic E-state index is 0.00620. The smallest absolute Gasteiger partial charge is 0.212 e. The molecular weight excluding hydrogens is 136 g/mol. The monoisotopic (exact) mass is 146 g/mol. The van der Waals surface area contributed by atoms with E-state index in [9.17, 15) is 0 Å². The molecule has 1 N–H and O–H groups in total. The van der Waals surface area contributed by atoms with Gasteiger partial charge in [0.25, 0.3) is 0 Å². The minimum Gasteiger partial charge on any atom is -0.394 e. The van der Waals surface area contributed by atoms with Crippen LogP contribution in [-0.2, 0) is 14.2 Å². The van der Waals surface area contributed by atoms with Gasteiger partial charge in [-0.25, -0.2) is 0 Å². The van der Waals surface area contributed by atoms with Gasteiger partial charge in [0.15, 0.2) is 0 Å². The topological polar surface area (TPSA) is 51.2 Å². The lowest BCUT2D eigenvalue weighted by molar-refractivity contribution is -0.149. The van der Waals surface area contributed by atoms with E-state index >= 15 is 0 Å². The highest BCUT2D eigenvalue weighted by atomic mass is 16.9. The van der Waals surface area contributed by atoms with Crippen LogP contribution < -0.4 is 0 Å². The molecule has 0 aliphatic carbocycles. The lowest BCUT2D eigenvalue weighted by Crippen LogP contribution is -2.38. The maximum absolute atomic E-state index is 8.74. The van der Waals surface area contributed by atoms with Crippen molar-refractivity contribution in [1.82, 2.24) is 0 Å². The molecule has 0 amide bonds. The fourth-order valence-electron chi connectivity index (χ4n) is 1.05. The van der Waals surface area contributed by atoms with Crippen molar-refractivity contribution in [1.29, 1.82) is 0 Å². The Morgan fingerprint density at radius 1 is 1.20 bits per heavy atom. The van der Waals surface area contributed by atoms with Gasteiger partial charge in [0.2, 0.25) is 12.6 Å². The van der Waals surface area contributed by atoms with Crippen molar-refractivity contribution in [3.63, 3.8) is 0 Å². The van der Waals surface area contributed by atoms with Crippen LogP contribution in [0.1, 0.15) is 6.92 Å². The Bertz CT molecular complexity index is 138. The first-order valence-corrected chi connectivity index (χ1v) is 3.38. The largest absolute Gasteiger partial charge is 0.394 e. The maximum Gasteiger partial charge on any atom is 0.212 e. The van der Waals surface area contributed by atoms with Crippen LogP contribution in [0.3, 0.4) is 0 Å². The predicted octanol–water partition coefficient (Wildman–Crippen LogP) is -0.535. The van der Waals surface area contributed by atoms with Crippen LogP contribution in [-0.4, -0.2) is 36.5 Å². The van der Waals surface area contributed by atoms with Crippen molar-refractivity contribution in [2.75, 3.05) is 6.61 Å². The molecule has 2 rings (SSSR count). The molecule has 2 fully saturated rings. The summed E-state index contributed by atoms with van der Waals surface area (Å²) < 4.78 is 15.4. The van der Waals surface area contributed by atoms with Gasteiger partial charge >= 0.3 is 0 Å². The average molecular weight is 146 g/mol. The Hall–Kier alpha value is -0.160. The van der Waals surface area contributed by atoms with E-state index in [1.165, 1.54) is 0 Å². The predicted molar refractivity (Wildman–Crippen MR) is 31.2 cm³/mol. The molecule has 0 bridgehead atoms. The van der Waals surface area contributed by atoms with E-state index in [1.54, 1.807) is 0 Å². The van der Waals surface area contributed by atoms with Gasteiger partial charge in [0, 0.05) is 0 Å². The highest BCUT2D eigenvalue weighted by Gasteiger charge is 2.49. The summed E-state index contributed by atoms with van der Waals surface area (Å²) >= 11 is 0. The first kappa shape index (κ1) is 6.54. The van der Waals surface area contributed by atoms with E-state index in [1.807, 2.05) is 6.92 Å². The van der Waals surface area contributed by atoms with E-state index in [0.717, 1.165) is 0 Å². The molecule has 4 heteroatoms. The summed E-state index contributed by atoms with van der Waals surface area (Å²) in [7, 11) is 0. The third-order valence-corrected chi connectivity index (χ3v) is 1.78. The standard InChI is InChI=1S/C6H10O4/c1-3-4(2-7)9-6-5(8-3)10-6/h3-7H,2H2,1H3. The normalized spacial score (nSPS) is 52.2. The third kappa shape index (κ3) is 0.932. The molecule has 4 nitrogen and oxygen atoms in total. The van der Waals surface area contributed by atoms with Crippen molar-refractivity contribution < 1.29 is 19.3 Å². The van der Waals surface area contributed by atoms with Gasteiger partial charge in [-0.3, -0.25) is 0 Å². The average Bonchev–Trinajstić information content (AvgIpc) is 2.64. The van der Waals surface area contributed by atoms with E-state index in [2.05, 4.69) is 0 Å². The van der Waals surface area contributed by atoms with E-state index in [4.69, 9.17) is 19.3 Å². The van der Waals surface area contributed by atoms with Gasteiger partial charge in [-0.15, -0.1) is 0 Å². The van der Waals surface area contributed by atoms with Crippen molar-refractivity contribution in [2.24, 2.45) is 0 Å². The third-order valence-electron chi connectivity index (χ3n) is 1.78. The van der Waals surface area contributed by atoms with Gasteiger partial charge < -0.3 is 19.3 Å². The number of epoxide rings is 1. The molecule has 2 aliphatic heterocycles. The Kier molecular flexibility index (Phi) is 1.42. The van der Waals surface area contributed by atoms with Crippen molar-refractivity contribution in [3.05, 3.63) is 0 Å². The summed E-state index contributed by atoms with van der Waals surface area (Å²) in [6.45, 7) is 1.85. The quantitative estimate of drug-likeness (QED) is 0.505. The Morgan fingerprint density at radius 2 is 1.90 bits per heavy atom. The maximum atomic E-state index is 8.74. The fraction of sp³-hybridized carbons (Fsp3) is 1.00. The van der Waals surface area contributed by atoms with Crippen LogP contribution in [0, 0.1) is 0 Å². The lowest BCUT2D eigenvalue weighted by atomic mass is 10.2. The fourth-order valence-corrected chi connectivity index (χ4v) is 1.05. The Balaban J connectivity index is 1.94. The van der Waals surface area contributed by atoms with Crippen molar-refractivity contribution in [3.8, 4) is 0 Å². The second-order valence-electron chi connectivity index (χ2n) is 2.57. The molecular formula is C6H10O4. The van der Waals surface area contributed by atoms with Crippen LogP contribution in [0.2, 0.25) is 0 Å². The van der Waals surface area contributed by atoms with E-state index < -0.39 is 0 Å². The van der Waals surface area contributed by atoms with E-state index in [-0.39, 0.29) is 31.4 Å².